The lowest BCUT2D eigenvalue weighted by Gasteiger charge is -2.31. The Labute approximate surface area is 165 Å². The first-order valence-corrected chi connectivity index (χ1v) is 9.79. The van der Waals surface area contributed by atoms with E-state index in [2.05, 4.69) is 40.9 Å². The van der Waals surface area contributed by atoms with E-state index in [0.717, 1.165) is 36.5 Å². The summed E-state index contributed by atoms with van der Waals surface area (Å²) in [7, 11) is 4.25. The number of nitrogens with zero attached hydrogens (tertiary/aromatic N) is 3. The number of halogens is 1. The number of fused-ring (bicyclic) bond motifs is 1. The predicted molar refractivity (Wildman–Crippen MR) is 112 cm³/mol. The van der Waals surface area contributed by atoms with Gasteiger partial charge in [-0.3, -0.25) is 9.78 Å². The molecule has 0 unspecified atom stereocenters. The molecule has 0 aliphatic heterocycles. The monoisotopic (exact) mass is 386 g/mol. The minimum atomic E-state index is -0.116. The van der Waals surface area contributed by atoms with Crippen molar-refractivity contribution < 1.29 is 4.79 Å². The summed E-state index contributed by atoms with van der Waals surface area (Å²) in [5.74, 6) is 0.617. The maximum atomic E-state index is 12.7. The van der Waals surface area contributed by atoms with Crippen molar-refractivity contribution in [3.05, 3.63) is 41.2 Å². The van der Waals surface area contributed by atoms with E-state index in [1.54, 1.807) is 19.2 Å². The van der Waals surface area contributed by atoms with Crippen LogP contribution in [0, 0.1) is 5.92 Å². The summed E-state index contributed by atoms with van der Waals surface area (Å²) < 4.78 is 0. The van der Waals surface area contributed by atoms with Gasteiger partial charge in [0, 0.05) is 18.8 Å². The molecule has 2 aromatic heterocycles. The van der Waals surface area contributed by atoms with E-state index in [0.29, 0.717) is 27.8 Å². The van der Waals surface area contributed by atoms with Gasteiger partial charge in [-0.15, -0.1) is 0 Å². The standard InChI is InChI=1S/C21H27ClN4O/c1-13(2)21(27)16-11-23-17-9-10-18(22)25-20(17)19(16)24-15-7-5-14(6-8-15)12-26(3)4/h9-11,14-15H,1,5-8,12H2,2-4H3,(H,23,24). The number of hydrogen-bond acceptors (Lipinski definition) is 5. The molecule has 3 rings (SSSR count). The molecule has 1 saturated carbocycles. The Morgan fingerprint density at radius 1 is 1.30 bits per heavy atom. The van der Waals surface area contributed by atoms with Crippen molar-refractivity contribution >= 4 is 34.1 Å². The Morgan fingerprint density at radius 2 is 2.00 bits per heavy atom. The van der Waals surface area contributed by atoms with Gasteiger partial charge in [0.05, 0.1) is 16.8 Å². The number of rotatable bonds is 6. The third-order valence-electron chi connectivity index (χ3n) is 5.13. The van der Waals surface area contributed by atoms with Crippen LogP contribution < -0.4 is 5.32 Å². The SMILES string of the molecule is C=C(C)C(=O)c1cnc2ccc(Cl)nc2c1NC1CCC(CN(C)C)CC1. The first kappa shape index (κ1) is 19.8. The minimum absolute atomic E-state index is 0.116. The molecule has 0 atom stereocenters. The zero-order valence-electron chi connectivity index (χ0n) is 16.3. The van der Waals surface area contributed by atoms with Crippen molar-refractivity contribution in [3.63, 3.8) is 0 Å². The molecule has 1 aliphatic rings. The van der Waals surface area contributed by atoms with Gasteiger partial charge >= 0.3 is 0 Å². The van der Waals surface area contributed by atoms with Gasteiger partial charge < -0.3 is 10.2 Å². The van der Waals surface area contributed by atoms with Crippen LogP contribution in [-0.4, -0.2) is 47.3 Å². The molecular formula is C21H27ClN4O. The molecular weight excluding hydrogens is 360 g/mol. The Kier molecular flexibility index (Phi) is 6.12. The van der Waals surface area contributed by atoms with Gasteiger partial charge in [-0.1, -0.05) is 18.2 Å². The summed E-state index contributed by atoms with van der Waals surface area (Å²) in [6.45, 7) is 6.64. The van der Waals surface area contributed by atoms with E-state index >= 15 is 0 Å². The number of carbonyl (C=O) groups is 1. The summed E-state index contributed by atoms with van der Waals surface area (Å²) in [5, 5.41) is 3.98. The summed E-state index contributed by atoms with van der Waals surface area (Å²) in [5.41, 5.74) is 3.09. The Bertz CT molecular complexity index is 857. The zero-order valence-corrected chi connectivity index (χ0v) is 17.0. The largest absolute Gasteiger partial charge is 0.380 e. The lowest BCUT2D eigenvalue weighted by molar-refractivity contribution is 0.103. The second kappa shape index (κ2) is 8.36. The van der Waals surface area contributed by atoms with Crippen LogP contribution in [-0.2, 0) is 0 Å². The fraction of sp³-hybridized carbons (Fsp3) is 0.476. The van der Waals surface area contributed by atoms with Crippen molar-refractivity contribution in [1.82, 2.24) is 14.9 Å². The van der Waals surface area contributed by atoms with Crippen LogP contribution in [0.1, 0.15) is 43.0 Å². The lowest BCUT2D eigenvalue weighted by atomic mass is 9.85. The number of aromatic nitrogens is 2. The molecule has 1 fully saturated rings. The van der Waals surface area contributed by atoms with Crippen LogP contribution in [0.3, 0.4) is 0 Å². The topological polar surface area (TPSA) is 58.1 Å². The Balaban J connectivity index is 1.90. The summed E-state index contributed by atoms with van der Waals surface area (Å²) in [6, 6.07) is 3.86. The molecule has 2 aromatic rings. The van der Waals surface area contributed by atoms with Gasteiger partial charge in [0.15, 0.2) is 5.78 Å². The van der Waals surface area contributed by atoms with Crippen LogP contribution >= 0.6 is 11.6 Å². The highest BCUT2D eigenvalue weighted by atomic mass is 35.5. The van der Waals surface area contributed by atoms with E-state index in [9.17, 15) is 4.79 Å². The number of hydrogen-bond donors (Lipinski definition) is 1. The number of allylic oxidation sites excluding steroid dienone is 1. The average Bonchev–Trinajstić information content (AvgIpc) is 2.62. The van der Waals surface area contributed by atoms with E-state index in [1.807, 2.05) is 6.07 Å². The highest BCUT2D eigenvalue weighted by Gasteiger charge is 2.24. The third-order valence-corrected chi connectivity index (χ3v) is 5.34. The maximum Gasteiger partial charge on any atom is 0.191 e. The molecule has 1 aliphatic carbocycles. The zero-order chi connectivity index (χ0) is 19.6. The molecule has 0 amide bonds. The van der Waals surface area contributed by atoms with Gasteiger partial charge in [-0.2, -0.15) is 0 Å². The number of carbonyl (C=O) groups excluding carboxylic acids is 1. The van der Waals surface area contributed by atoms with Crippen molar-refractivity contribution in [2.24, 2.45) is 5.92 Å². The van der Waals surface area contributed by atoms with Gasteiger partial charge in [-0.25, -0.2) is 4.98 Å². The summed E-state index contributed by atoms with van der Waals surface area (Å²) in [6.07, 6.45) is 6.12. The quantitative estimate of drug-likeness (QED) is 0.447. The predicted octanol–water partition coefficient (Wildman–Crippen LogP) is 4.57. The van der Waals surface area contributed by atoms with Crippen LogP contribution in [0.15, 0.2) is 30.5 Å². The second-order valence-corrected chi connectivity index (χ2v) is 8.17. The number of nitrogens with one attached hydrogen (secondary N) is 1. The molecule has 144 valence electrons. The molecule has 5 nitrogen and oxygen atoms in total. The van der Waals surface area contributed by atoms with E-state index in [-0.39, 0.29) is 5.78 Å². The van der Waals surface area contributed by atoms with Crippen LogP contribution in [0.5, 0.6) is 0 Å². The van der Waals surface area contributed by atoms with Crippen LogP contribution in [0.4, 0.5) is 5.69 Å². The van der Waals surface area contributed by atoms with E-state index in [1.165, 1.54) is 12.8 Å². The van der Waals surface area contributed by atoms with Crippen LogP contribution in [0.2, 0.25) is 5.15 Å². The van der Waals surface area contributed by atoms with Crippen molar-refractivity contribution in [2.45, 2.75) is 38.6 Å². The number of pyridine rings is 2. The van der Waals surface area contributed by atoms with Gasteiger partial charge in [0.2, 0.25) is 0 Å². The van der Waals surface area contributed by atoms with Crippen molar-refractivity contribution in [2.75, 3.05) is 26.0 Å². The Morgan fingerprint density at radius 3 is 2.63 bits per heavy atom. The maximum absolute atomic E-state index is 12.7. The molecule has 0 bridgehead atoms. The van der Waals surface area contributed by atoms with Crippen molar-refractivity contribution in [3.8, 4) is 0 Å². The van der Waals surface area contributed by atoms with Crippen LogP contribution in [0.25, 0.3) is 11.0 Å². The Hall–Kier alpha value is -1.98. The average molecular weight is 387 g/mol. The fourth-order valence-corrected chi connectivity index (χ4v) is 3.95. The molecule has 0 saturated heterocycles. The van der Waals surface area contributed by atoms with Gasteiger partial charge in [-0.05, 0) is 70.3 Å². The second-order valence-electron chi connectivity index (χ2n) is 7.78. The third kappa shape index (κ3) is 4.66. The highest BCUT2D eigenvalue weighted by molar-refractivity contribution is 6.30. The molecule has 0 spiro atoms. The summed E-state index contributed by atoms with van der Waals surface area (Å²) in [4.78, 5) is 23.8. The molecule has 0 radical (unpaired) electrons. The molecule has 27 heavy (non-hydrogen) atoms. The number of anilines is 1. The normalized spacial score (nSPS) is 20.0. The lowest BCUT2D eigenvalue weighted by Crippen LogP contribution is -2.31. The van der Waals surface area contributed by atoms with Gasteiger partial charge in [0.25, 0.3) is 0 Å². The smallest absolute Gasteiger partial charge is 0.191 e. The first-order chi connectivity index (χ1) is 12.8. The first-order valence-electron chi connectivity index (χ1n) is 9.42. The van der Waals surface area contributed by atoms with E-state index in [4.69, 9.17) is 11.6 Å². The minimum Gasteiger partial charge on any atom is -0.380 e. The molecule has 6 heteroatoms. The van der Waals surface area contributed by atoms with E-state index < -0.39 is 0 Å². The highest BCUT2D eigenvalue weighted by Crippen LogP contribution is 2.32. The number of Topliss-reactive ketones (excluding diaryl/α,β-unsaturated/α-hetero) is 1. The number of ketones is 1. The van der Waals surface area contributed by atoms with Crippen molar-refractivity contribution in [1.29, 1.82) is 0 Å². The molecule has 2 heterocycles. The molecule has 0 aromatic carbocycles. The fourth-order valence-electron chi connectivity index (χ4n) is 3.80. The summed E-state index contributed by atoms with van der Waals surface area (Å²) >= 11 is 6.12. The molecule has 1 N–H and O–H groups in total. The van der Waals surface area contributed by atoms with Gasteiger partial charge in [0.1, 0.15) is 10.7 Å².